The molecule has 2 aromatic heterocycles. The molecule has 0 aliphatic rings. The quantitative estimate of drug-likeness (QED) is 0.441. The first-order valence-corrected chi connectivity index (χ1v) is 9.60. The molecule has 0 amide bonds. The third-order valence-electron chi connectivity index (χ3n) is 4.93. The molecule has 2 aromatic carbocycles. The first-order chi connectivity index (χ1) is 15.6. The van der Waals surface area contributed by atoms with Crippen molar-refractivity contribution in [1.82, 2.24) is 9.55 Å². The van der Waals surface area contributed by atoms with Crippen molar-refractivity contribution in [2.24, 2.45) is 0 Å². The number of halogens is 4. The van der Waals surface area contributed by atoms with Crippen molar-refractivity contribution in [3.05, 3.63) is 94.2 Å². The highest BCUT2D eigenvalue weighted by Crippen LogP contribution is 2.37. The maximum Gasteiger partial charge on any atom is 0.255 e. The van der Waals surface area contributed by atoms with Crippen LogP contribution in [0.5, 0.6) is 0 Å². The fourth-order valence-electron chi connectivity index (χ4n) is 3.19. The van der Waals surface area contributed by atoms with Crippen LogP contribution in [0.25, 0.3) is 28.3 Å². The first kappa shape index (κ1) is 22.4. The molecular formula is C23H16F4N2O4. The molecule has 0 spiro atoms. The minimum atomic E-state index is -1.96. The molecule has 0 radical (unpaired) electrons. The van der Waals surface area contributed by atoms with Gasteiger partial charge in [-0.25, -0.2) is 22.5 Å². The van der Waals surface area contributed by atoms with Gasteiger partial charge in [0.2, 0.25) is 5.89 Å². The number of pyridine rings is 1. The van der Waals surface area contributed by atoms with Crippen LogP contribution in [0.4, 0.5) is 17.6 Å². The number of oxazole rings is 1. The molecule has 2 N–H and O–H groups in total. The van der Waals surface area contributed by atoms with Gasteiger partial charge in [0, 0.05) is 29.5 Å². The van der Waals surface area contributed by atoms with Gasteiger partial charge in [0.1, 0.15) is 34.7 Å². The number of hydrogen-bond donors (Lipinski definition) is 2. The summed E-state index contributed by atoms with van der Waals surface area (Å²) in [6, 6.07) is 8.04. The lowest BCUT2D eigenvalue weighted by atomic mass is 10.1. The first-order valence-electron chi connectivity index (χ1n) is 9.60. The van der Waals surface area contributed by atoms with Gasteiger partial charge in [-0.15, -0.1) is 0 Å². The van der Waals surface area contributed by atoms with Gasteiger partial charge < -0.3 is 14.6 Å². The number of hydrogen-bond acceptors (Lipinski definition) is 5. The number of rotatable bonds is 5. The van der Waals surface area contributed by atoms with E-state index in [0.29, 0.717) is 10.6 Å². The third kappa shape index (κ3) is 4.06. The zero-order valence-electron chi connectivity index (χ0n) is 17.0. The molecule has 0 saturated heterocycles. The number of aliphatic hydroxyl groups excluding tert-OH is 1. The summed E-state index contributed by atoms with van der Waals surface area (Å²) in [4.78, 5) is 16.4. The van der Waals surface area contributed by atoms with Gasteiger partial charge in [0.15, 0.2) is 11.4 Å². The lowest BCUT2D eigenvalue weighted by molar-refractivity contribution is -0.0234. The van der Waals surface area contributed by atoms with Crippen LogP contribution < -0.4 is 5.56 Å². The van der Waals surface area contributed by atoms with Crippen molar-refractivity contribution in [3.8, 4) is 28.3 Å². The van der Waals surface area contributed by atoms with Crippen LogP contribution in [0.1, 0.15) is 12.8 Å². The number of para-hydroxylation sites is 1. The second-order valence-electron chi connectivity index (χ2n) is 7.45. The molecule has 4 aromatic rings. The van der Waals surface area contributed by atoms with E-state index in [1.807, 2.05) is 0 Å². The van der Waals surface area contributed by atoms with Gasteiger partial charge in [-0.1, -0.05) is 6.07 Å². The average molecular weight is 460 g/mol. The van der Waals surface area contributed by atoms with Crippen LogP contribution >= 0.6 is 0 Å². The van der Waals surface area contributed by atoms with Crippen LogP contribution in [0.15, 0.2) is 63.9 Å². The maximum atomic E-state index is 14.5. The summed E-state index contributed by atoms with van der Waals surface area (Å²) in [7, 11) is 0. The summed E-state index contributed by atoms with van der Waals surface area (Å²) in [5.41, 5.74) is -3.71. The van der Waals surface area contributed by atoms with Gasteiger partial charge in [0.05, 0.1) is 6.61 Å². The van der Waals surface area contributed by atoms with Gasteiger partial charge in [-0.2, -0.15) is 0 Å². The molecule has 0 aliphatic heterocycles. The van der Waals surface area contributed by atoms with Gasteiger partial charge in [0.25, 0.3) is 5.56 Å². The standard InChI is InChI=1S/C23H16F4N2O4/c1-23(32,11-30)22-28-19(14-7-6-13(24)9-17(14)27)21(33-22)12-5-8-18(31)29(10-12)20-15(25)3-2-4-16(20)26/h2-10,30,32H,11H2,1H3/t23-/m0/s1. The number of benzene rings is 2. The predicted octanol–water partition coefficient (Wildman–Crippen LogP) is 3.92. The molecule has 0 bridgehead atoms. The maximum absolute atomic E-state index is 14.5. The van der Waals surface area contributed by atoms with Crippen LogP contribution in [-0.2, 0) is 5.60 Å². The second-order valence-corrected chi connectivity index (χ2v) is 7.45. The topological polar surface area (TPSA) is 88.5 Å². The SMILES string of the molecule is C[C@](O)(CO)c1nc(-c2ccc(F)cc2F)c(-c2ccc(=O)n(-c3c(F)cccc3F)c2)o1. The van der Waals surface area contributed by atoms with E-state index in [-0.39, 0.29) is 22.6 Å². The fraction of sp³-hybridized carbons (Fsp3) is 0.130. The van der Waals surface area contributed by atoms with E-state index in [1.54, 1.807) is 0 Å². The Balaban J connectivity index is 1.98. The summed E-state index contributed by atoms with van der Waals surface area (Å²) in [6.07, 6.45) is 1.06. The van der Waals surface area contributed by atoms with E-state index >= 15 is 0 Å². The van der Waals surface area contributed by atoms with Crippen LogP contribution in [0.3, 0.4) is 0 Å². The van der Waals surface area contributed by atoms with Crippen molar-refractivity contribution < 1.29 is 32.2 Å². The largest absolute Gasteiger partial charge is 0.437 e. The normalized spacial score (nSPS) is 13.2. The van der Waals surface area contributed by atoms with E-state index in [4.69, 9.17) is 4.42 Å². The lowest BCUT2D eigenvalue weighted by Gasteiger charge is -2.15. The molecule has 2 heterocycles. The molecular weight excluding hydrogens is 444 g/mol. The van der Waals surface area contributed by atoms with Gasteiger partial charge >= 0.3 is 0 Å². The number of aromatic nitrogens is 2. The Morgan fingerprint density at radius 1 is 1.03 bits per heavy atom. The van der Waals surface area contributed by atoms with Crippen molar-refractivity contribution in [1.29, 1.82) is 0 Å². The van der Waals surface area contributed by atoms with E-state index in [1.165, 1.54) is 13.0 Å². The lowest BCUT2D eigenvalue weighted by Crippen LogP contribution is -2.26. The molecule has 0 unspecified atom stereocenters. The van der Waals surface area contributed by atoms with Crippen molar-refractivity contribution >= 4 is 0 Å². The van der Waals surface area contributed by atoms with Crippen molar-refractivity contribution in [3.63, 3.8) is 0 Å². The summed E-state index contributed by atoms with van der Waals surface area (Å²) < 4.78 is 62.9. The van der Waals surface area contributed by atoms with E-state index in [2.05, 4.69) is 4.98 Å². The van der Waals surface area contributed by atoms with Gasteiger partial charge in [-0.05, 0) is 37.3 Å². The third-order valence-corrected chi connectivity index (χ3v) is 4.93. The Labute approximate surface area is 184 Å². The minimum Gasteiger partial charge on any atom is -0.437 e. The Kier molecular flexibility index (Phi) is 5.64. The zero-order chi connectivity index (χ0) is 23.9. The average Bonchev–Trinajstić information content (AvgIpc) is 3.21. The van der Waals surface area contributed by atoms with Crippen molar-refractivity contribution in [2.45, 2.75) is 12.5 Å². The Hall–Kier alpha value is -3.76. The molecule has 33 heavy (non-hydrogen) atoms. The molecule has 10 heteroatoms. The summed E-state index contributed by atoms with van der Waals surface area (Å²) in [5, 5.41) is 19.8. The Morgan fingerprint density at radius 2 is 1.73 bits per heavy atom. The molecule has 0 fully saturated rings. The van der Waals surface area contributed by atoms with E-state index in [0.717, 1.165) is 42.6 Å². The molecule has 0 aliphatic carbocycles. The minimum absolute atomic E-state index is 0.0449. The molecule has 170 valence electrons. The van der Waals surface area contributed by atoms with Crippen molar-refractivity contribution in [2.75, 3.05) is 6.61 Å². The highest BCUT2D eigenvalue weighted by Gasteiger charge is 2.32. The highest BCUT2D eigenvalue weighted by atomic mass is 19.1. The predicted molar refractivity (Wildman–Crippen MR) is 109 cm³/mol. The van der Waals surface area contributed by atoms with E-state index in [9.17, 15) is 32.6 Å². The molecule has 1 atom stereocenters. The second kappa shape index (κ2) is 8.30. The molecule has 6 nitrogen and oxygen atoms in total. The fourth-order valence-corrected chi connectivity index (χ4v) is 3.19. The molecule has 0 saturated carbocycles. The number of nitrogens with zero attached hydrogens (tertiary/aromatic N) is 2. The monoisotopic (exact) mass is 460 g/mol. The summed E-state index contributed by atoms with van der Waals surface area (Å²) >= 11 is 0. The van der Waals surface area contributed by atoms with Gasteiger partial charge in [-0.3, -0.25) is 9.36 Å². The van der Waals surface area contributed by atoms with E-state index < -0.39 is 52.6 Å². The Bertz CT molecular complexity index is 1390. The van der Waals surface area contributed by atoms with Crippen LogP contribution in [-0.4, -0.2) is 26.4 Å². The Morgan fingerprint density at radius 3 is 2.36 bits per heavy atom. The number of aliphatic hydroxyl groups is 2. The zero-order valence-corrected chi connectivity index (χ0v) is 17.0. The summed E-state index contributed by atoms with van der Waals surface area (Å²) in [5.74, 6) is -4.41. The summed E-state index contributed by atoms with van der Waals surface area (Å²) in [6.45, 7) is 0.404. The highest BCUT2D eigenvalue weighted by molar-refractivity contribution is 5.77. The van der Waals surface area contributed by atoms with Crippen LogP contribution in [0, 0.1) is 23.3 Å². The van der Waals surface area contributed by atoms with Crippen LogP contribution in [0.2, 0.25) is 0 Å². The smallest absolute Gasteiger partial charge is 0.255 e. The molecule has 4 rings (SSSR count).